The van der Waals surface area contributed by atoms with E-state index in [1.807, 2.05) is 12.4 Å². The van der Waals surface area contributed by atoms with Crippen LogP contribution in [0.4, 0.5) is 0 Å². The number of hydrogen-bond donors (Lipinski definition) is 2. The highest BCUT2D eigenvalue weighted by atomic mass is 32.2. The van der Waals surface area contributed by atoms with E-state index in [0.29, 0.717) is 24.5 Å². The van der Waals surface area contributed by atoms with Crippen molar-refractivity contribution in [1.29, 1.82) is 0 Å². The molecule has 1 aliphatic heterocycles. The standard InChI is InChI=1S/C13H24N4O2S2/c1-3-5-14-11-12-13(4-10-20-12)21(18,19)15-17-8-6-16(2)7-9-17/h4,10,14-15H,3,5-9,11H2,1-2H3. The highest BCUT2D eigenvalue weighted by molar-refractivity contribution is 7.89. The Hall–Kier alpha value is -0.510. The van der Waals surface area contributed by atoms with Crippen molar-refractivity contribution < 1.29 is 8.42 Å². The summed E-state index contributed by atoms with van der Waals surface area (Å²) >= 11 is 1.48. The maximum atomic E-state index is 12.5. The Bertz CT molecular complexity index is 536. The number of sulfonamides is 1. The van der Waals surface area contributed by atoms with E-state index >= 15 is 0 Å². The third-order valence-corrected chi connectivity index (χ3v) is 5.97. The zero-order valence-corrected chi connectivity index (χ0v) is 14.3. The van der Waals surface area contributed by atoms with Crippen LogP contribution in [0.5, 0.6) is 0 Å². The van der Waals surface area contributed by atoms with Crippen LogP contribution < -0.4 is 10.1 Å². The molecule has 21 heavy (non-hydrogen) atoms. The first-order valence-corrected chi connectivity index (χ1v) is 9.62. The van der Waals surface area contributed by atoms with Crippen LogP contribution in [0, 0.1) is 0 Å². The second kappa shape index (κ2) is 7.66. The monoisotopic (exact) mass is 332 g/mol. The number of rotatable bonds is 7. The number of hydrazine groups is 1. The maximum Gasteiger partial charge on any atom is 0.254 e. The molecule has 1 saturated heterocycles. The SMILES string of the molecule is CCCNCc1sccc1S(=O)(=O)NN1CCN(C)CC1. The maximum absolute atomic E-state index is 12.5. The molecule has 0 unspecified atom stereocenters. The Kier molecular flexibility index (Phi) is 6.15. The molecule has 0 amide bonds. The van der Waals surface area contributed by atoms with Crippen molar-refractivity contribution in [1.82, 2.24) is 20.1 Å². The molecule has 1 aromatic rings. The molecule has 8 heteroatoms. The number of nitrogens with zero attached hydrogens (tertiary/aromatic N) is 2. The average Bonchev–Trinajstić information content (AvgIpc) is 2.91. The van der Waals surface area contributed by atoms with E-state index in [1.165, 1.54) is 11.3 Å². The van der Waals surface area contributed by atoms with Gasteiger partial charge in [0.05, 0.1) is 4.90 Å². The molecule has 0 aromatic carbocycles. The number of hydrogen-bond acceptors (Lipinski definition) is 6. The van der Waals surface area contributed by atoms with E-state index < -0.39 is 10.0 Å². The van der Waals surface area contributed by atoms with Gasteiger partial charge < -0.3 is 10.2 Å². The minimum atomic E-state index is -3.47. The second-order valence-corrected chi connectivity index (χ2v) is 7.90. The summed E-state index contributed by atoms with van der Waals surface area (Å²) in [4.78, 5) is 6.16. The molecule has 1 fully saturated rings. The Morgan fingerprint density at radius 2 is 2.00 bits per heavy atom. The topological polar surface area (TPSA) is 64.7 Å². The zero-order chi connectivity index (χ0) is 15.3. The van der Waals surface area contributed by atoms with Crippen LogP contribution in [0.15, 0.2) is 16.3 Å². The molecule has 0 saturated carbocycles. The Balaban J connectivity index is 2.00. The average molecular weight is 332 g/mol. The molecule has 1 aliphatic rings. The molecule has 0 atom stereocenters. The fourth-order valence-corrected chi connectivity index (χ4v) is 4.73. The largest absolute Gasteiger partial charge is 0.312 e. The van der Waals surface area contributed by atoms with Gasteiger partial charge in [-0.25, -0.2) is 13.4 Å². The van der Waals surface area contributed by atoms with Crippen LogP contribution in [-0.4, -0.2) is 58.1 Å². The number of thiophene rings is 1. The summed E-state index contributed by atoms with van der Waals surface area (Å²) in [5.41, 5.74) is 0. The van der Waals surface area contributed by atoms with E-state index in [4.69, 9.17) is 0 Å². The molecular formula is C13H24N4O2S2. The van der Waals surface area contributed by atoms with Crippen LogP contribution in [0.25, 0.3) is 0 Å². The second-order valence-electron chi connectivity index (χ2n) is 5.27. The lowest BCUT2D eigenvalue weighted by Crippen LogP contribution is -2.52. The molecule has 6 nitrogen and oxygen atoms in total. The number of likely N-dealkylation sites (N-methyl/N-ethyl adjacent to an activating group) is 1. The van der Waals surface area contributed by atoms with Crippen molar-refractivity contribution in [3.05, 3.63) is 16.3 Å². The molecule has 2 N–H and O–H groups in total. The van der Waals surface area contributed by atoms with Gasteiger partial charge in [-0.05, 0) is 31.5 Å². The first-order chi connectivity index (χ1) is 10.0. The van der Waals surface area contributed by atoms with E-state index in [0.717, 1.165) is 30.9 Å². The summed E-state index contributed by atoms with van der Waals surface area (Å²) in [5.74, 6) is 0. The minimum Gasteiger partial charge on any atom is -0.312 e. The molecule has 0 aliphatic carbocycles. The van der Waals surface area contributed by atoms with Crippen molar-refractivity contribution in [2.45, 2.75) is 24.8 Å². The van der Waals surface area contributed by atoms with Crippen molar-refractivity contribution >= 4 is 21.4 Å². The van der Waals surface area contributed by atoms with E-state index in [2.05, 4.69) is 22.0 Å². The first-order valence-electron chi connectivity index (χ1n) is 7.26. The van der Waals surface area contributed by atoms with Crippen molar-refractivity contribution in [2.24, 2.45) is 0 Å². The molecule has 120 valence electrons. The molecule has 2 heterocycles. The lowest BCUT2D eigenvalue weighted by atomic mass is 10.4. The summed E-state index contributed by atoms with van der Waals surface area (Å²) in [6.07, 6.45) is 1.03. The van der Waals surface area contributed by atoms with Crippen molar-refractivity contribution in [3.63, 3.8) is 0 Å². The molecule has 0 bridgehead atoms. The highest BCUT2D eigenvalue weighted by Gasteiger charge is 2.24. The number of nitrogens with one attached hydrogen (secondary N) is 2. The number of piperazine rings is 1. The van der Waals surface area contributed by atoms with Gasteiger partial charge in [-0.1, -0.05) is 6.92 Å². The smallest absolute Gasteiger partial charge is 0.254 e. The van der Waals surface area contributed by atoms with Crippen LogP contribution in [0.1, 0.15) is 18.2 Å². The minimum absolute atomic E-state index is 0.398. The Labute approximate surface area is 131 Å². The van der Waals surface area contributed by atoms with Crippen LogP contribution in [0.2, 0.25) is 0 Å². The summed E-state index contributed by atoms with van der Waals surface area (Å²) in [7, 11) is -1.43. The molecule has 2 rings (SSSR count). The summed E-state index contributed by atoms with van der Waals surface area (Å²) in [6.45, 7) is 6.75. The fourth-order valence-electron chi connectivity index (χ4n) is 2.19. The van der Waals surface area contributed by atoms with E-state index in [1.54, 1.807) is 11.1 Å². The summed E-state index contributed by atoms with van der Waals surface area (Å²) < 4.78 is 25.0. The Morgan fingerprint density at radius 3 is 2.67 bits per heavy atom. The predicted molar refractivity (Wildman–Crippen MR) is 85.7 cm³/mol. The summed E-state index contributed by atoms with van der Waals surface area (Å²) in [6, 6.07) is 1.69. The van der Waals surface area contributed by atoms with Gasteiger partial charge in [-0.3, -0.25) is 0 Å². The van der Waals surface area contributed by atoms with Crippen molar-refractivity contribution in [2.75, 3.05) is 39.8 Å². The predicted octanol–water partition coefficient (Wildman–Crippen LogP) is 0.688. The molecule has 1 aromatic heterocycles. The summed E-state index contributed by atoms with van der Waals surface area (Å²) in [5, 5.41) is 6.88. The van der Waals surface area contributed by atoms with E-state index in [9.17, 15) is 8.42 Å². The van der Waals surface area contributed by atoms with Gasteiger partial charge in [0.25, 0.3) is 10.0 Å². The Morgan fingerprint density at radius 1 is 1.29 bits per heavy atom. The van der Waals surface area contributed by atoms with Crippen LogP contribution in [-0.2, 0) is 16.6 Å². The van der Waals surface area contributed by atoms with Crippen LogP contribution in [0.3, 0.4) is 0 Å². The van der Waals surface area contributed by atoms with Gasteiger partial charge in [0.2, 0.25) is 0 Å². The quantitative estimate of drug-likeness (QED) is 0.719. The molecule has 0 radical (unpaired) electrons. The van der Waals surface area contributed by atoms with Gasteiger partial charge in [-0.15, -0.1) is 16.2 Å². The third kappa shape index (κ3) is 4.73. The van der Waals surface area contributed by atoms with Crippen molar-refractivity contribution in [3.8, 4) is 0 Å². The lowest BCUT2D eigenvalue weighted by molar-refractivity contribution is 0.135. The van der Waals surface area contributed by atoms with Gasteiger partial charge in [0.15, 0.2) is 0 Å². The molecule has 0 spiro atoms. The van der Waals surface area contributed by atoms with Gasteiger partial charge in [-0.2, -0.15) is 0 Å². The zero-order valence-electron chi connectivity index (χ0n) is 12.6. The van der Waals surface area contributed by atoms with Gasteiger partial charge in [0, 0.05) is 37.6 Å². The first kappa shape index (κ1) is 16.9. The highest BCUT2D eigenvalue weighted by Crippen LogP contribution is 2.22. The molecular weight excluding hydrogens is 308 g/mol. The normalized spacial score (nSPS) is 18.2. The fraction of sp³-hybridized carbons (Fsp3) is 0.692. The van der Waals surface area contributed by atoms with E-state index in [-0.39, 0.29) is 0 Å². The van der Waals surface area contributed by atoms with Gasteiger partial charge in [0.1, 0.15) is 0 Å². The van der Waals surface area contributed by atoms with Gasteiger partial charge >= 0.3 is 0 Å². The lowest BCUT2D eigenvalue weighted by Gasteiger charge is -2.32. The third-order valence-electron chi connectivity index (χ3n) is 3.46. The van der Waals surface area contributed by atoms with Crippen LogP contribution >= 0.6 is 11.3 Å².